The van der Waals surface area contributed by atoms with Crippen molar-refractivity contribution in [3.63, 3.8) is 0 Å². The van der Waals surface area contributed by atoms with E-state index in [-0.39, 0.29) is 0 Å². The van der Waals surface area contributed by atoms with E-state index in [0.717, 1.165) is 94.1 Å². The first-order valence-electron chi connectivity index (χ1n) is 20.1. The van der Waals surface area contributed by atoms with Gasteiger partial charge < -0.3 is 13.7 Å². The lowest BCUT2D eigenvalue weighted by atomic mass is 9.97. The van der Waals surface area contributed by atoms with Gasteiger partial charge in [0, 0.05) is 44.0 Å². The summed E-state index contributed by atoms with van der Waals surface area (Å²) in [7, 11) is 0. The topological polar surface area (TPSA) is 29.5 Å². The lowest BCUT2D eigenvalue weighted by molar-refractivity contribution is 0.669. The summed E-state index contributed by atoms with van der Waals surface area (Å²) in [6.45, 7) is 0. The van der Waals surface area contributed by atoms with E-state index in [1.165, 1.54) is 21.7 Å². The van der Waals surface area contributed by atoms with Crippen LogP contribution in [0.2, 0.25) is 0 Å². The zero-order chi connectivity index (χ0) is 38.9. The van der Waals surface area contributed by atoms with Gasteiger partial charge in [0.2, 0.25) is 0 Å². The van der Waals surface area contributed by atoms with Crippen LogP contribution < -0.4 is 4.90 Å². The van der Waals surface area contributed by atoms with Gasteiger partial charge in [0.25, 0.3) is 0 Å². The Morgan fingerprint density at radius 3 is 1.58 bits per heavy atom. The van der Waals surface area contributed by atoms with Crippen molar-refractivity contribution in [2.75, 3.05) is 4.90 Å². The van der Waals surface area contributed by atoms with Crippen LogP contribution in [0.4, 0.5) is 17.1 Å². The molecule has 0 bridgehead atoms. The van der Waals surface area contributed by atoms with Crippen LogP contribution in [0.3, 0.4) is 0 Å². The molecule has 2 heterocycles. The predicted octanol–water partition coefficient (Wildman–Crippen LogP) is 16.3. The second-order valence-corrected chi connectivity index (χ2v) is 15.3. The molecule has 3 heteroatoms. The van der Waals surface area contributed by atoms with Crippen LogP contribution in [0.15, 0.2) is 221 Å². The number of furan rings is 2. The number of rotatable bonds is 6. The molecule has 0 saturated heterocycles. The number of fused-ring (bicyclic) bond motifs is 9. The van der Waals surface area contributed by atoms with Gasteiger partial charge in [-0.25, -0.2) is 0 Å². The molecular weight excluding hydrogens is 719 g/mol. The molecule has 0 atom stereocenters. The molecule has 0 amide bonds. The van der Waals surface area contributed by atoms with Crippen molar-refractivity contribution in [2.24, 2.45) is 0 Å². The Morgan fingerprint density at radius 2 is 0.831 bits per heavy atom. The number of hydrogen-bond donors (Lipinski definition) is 0. The van der Waals surface area contributed by atoms with Crippen molar-refractivity contribution in [3.05, 3.63) is 212 Å². The van der Waals surface area contributed by atoms with Gasteiger partial charge >= 0.3 is 0 Å². The van der Waals surface area contributed by atoms with Crippen molar-refractivity contribution < 1.29 is 8.83 Å². The standard InChI is InChI=1S/C56H35NO2/c1-2-12-40-34-42(23-22-36(40)10-1)41-13-7-14-45(35-41)57(43-29-24-38(25-30-43)46-17-8-20-52-54(46)49-16-5-6-19-51(49)58-52)44-31-26-39(27-32-44)47-18-9-21-53-55(47)50-33-28-37-11-3-4-15-48(37)56(50)59-53/h1-35H. The molecule has 0 N–H and O–H groups in total. The zero-order valence-electron chi connectivity index (χ0n) is 32.0. The highest BCUT2D eigenvalue weighted by molar-refractivity contribution is 6.19. The predicted molar refractivity (Wildman–Crippen MR) is 247 cm³/mol. The van der Waals surface area contributed by atoms with E-state index >= 15 is 0 Å². The summed E-state index contributed by atoms with van der Waals surface area (Å²) in [5.74, 6) is 0. The smallest absolute Gasteiger partial charge is 0.143 e. The maximum atomic E-state index is 6.55. The highest BCUT2D eigenvalue weighted by Gasteiger charge is 2.18. The van der Waals surface area contributed by atoms with Crippen LogP contribution in [0.25, 0.3) is 98.8 Å². The van der Waals surface area contributed by atoms with Crippen LogP contribution in [0.1, 0.15) is 0 Å². The van der Waals surface area contributed by atoms with Crippen LogP contribution in [0.5, 0.6) is 0 Å². The molecule has 0 aliphatic carbocycles. The van der Waals surface area contributed by atoms with Crippen LogP contribution in [-0.4, -0.2) is 0 Å². The van der Waals surface area contributed by atoms with E-state index in [2.05, 4.69) is 205 Å². The van der Waals surface area contributed by atoms with E-state index in [9.17, 15) is 0 Å². The Hall–Kier alpha value is -7.88. The van der Waals surface area contributed by atoms with Crippen molar-refractivity contribution >= 4 is 82.5 Å². The third kappa shape index (κ3) is 5.51. The molecule has 0 aliphatic heterocycles. The summed E-state index contributed by atoms with van der Waals surface area (Å²) >= 11 is 0. The third-order valence-electron chi connectivity index (χ3n) is 11.8. The normalized spacial score (nSPS) is 11.7. The Labute approximate surface area is 340 Å². The third-order valence-corrected chi connectivity index (χ3v) is 11.8. The molecule has 12 rings (SSSR count). The summed E-state index contributed by atoms with van der Waals surface area (Å²) in [6.07, 6.45) is 0. The monoisotopic (exact) mass is 753 g/mol. The van der Waals surface area contributed by atoms with Crippen molar-refractivity contribution in [1.29, 1.82) is 0 Å². The van der Waals surface area contributed by atoms with Crippen molar-refractivity contribution in [3.8, 4) is 33.4 Å². The number of benzene rings is 10. The molecule has 0 fully saturated rings. The molecule has 12 aromatic rings. The van der Waals surface area contributed by atoms with E-state index in [1.54, 1.807) is 0 Å². The van der Waals surface area contributed by atoms with E-state index in [1.807, 2.05) is 12.1 Å². The molecule has 0 saturated carbocycles. The summed E-state index contributed by atoms with van der Waals surface area (Å²) < 4.78 is 12.8. The van der Waals surface area contributed by atoms with E-state index in [4.69, 9.17) is 8.83 Å². The van der Waals surface area contributed by atoms with Gasteiger partial charge in [-0.15, -0.1) is 0 Å². The first kappa shape index (κ1) is 33.3. The van der Waals surface area contributed by atoms with Crippen molar-refractivity contribution in [1.82, 2.24) is 0 Å². The highest BCUT2D eigenvalue weighted by Crippen LogP contribution is 2.43. The molecule has 0 radical (unpaired) electrons. The van der Waals surface area contributed by atoms with Gasteiger partial charge in [-0.1, -0.05) is 146 Å². The van der Waals surface area contributed by atoms with Crippen molar-refractivity contribution in [2.45, 2.75) is 0 Å². The first-order valence-corrected chi connectivity index (χ1v) is 20.1. The quantitative estimate of drug-likeness (QED) is 0.169. The average Bonchev–Trinajstić information content (AvgIpc) is 3.89. The number of para-hydroxylation sites is 1. The van der Waals surface area contributed by atoms with Gasteiger partial charge in [0.1, 0.15) is 22.3 Å². The molecule has 10 aromatic carbocycles. The fourth-order valence-corrected chi connectivity index (χ4v) is 9.03. The number of hydrogen-bond acceptors (Lipinski definition) is 3. The fourth-order valence-electron chi connectivity index (χ4n) is 9.03. The molecule has 3 nitrogen and oxygen atoms in total. The van der Waals surface area contributed by atoms with Gasteiger partial charge in [0.15, 0.2) is 0 Å². The lowest BCUT2D eigenvalue weighted by Gasteiger charge is -2.26. The maximum Gasteiger partial charge on any atom is 0.143 e. The summed E-state index contributed by atoms with van der Waals surface area (Å²) in [4.78, 5) is 2.35. The van der Waals surface area contributed by atoms with Crippen LogP contribution >= 0.6 is 0 Å². The second kappa shape index (κ2) is 13.4. The molecule has 2 aromatic heterocycles. The van der Waals surface area contributed by atoms with Crippen LogP contribution in [-0.2, 0) is 0 Å². The Morgan fingerprint density at radius 1 is 0.288 bits per heavy atom. The van der Waals surface area contributed by atoms with Gasteiger partial charge in [-0.3, -0.25) is 0 Å². The molecular formula is C56H35NO2. The largest absolute Gasteiger partial charge is 0.456 e. The number of anilines is 3. The summed E-state index contributed by atoms with van der Waals surface area (Å²) in [6, 6.07) is 75.8. The fraction of sp³-hybridized carbons (Fsp3) is 0. The summed E-state index contributed by atoms with van der Waals surface area (Å²) in [5.41, 5.74) is 13.8. The average molecular weight is 754 g/mol. The molecule has 0 spiro atoms. The molecule has 59 heavy (non-hydrogen) atoms. The Bertz CT molecular complexity index is 3550. The molecule has 0 aliphatic rings. The molecule has 276 valence electrons. The van der Waals surface area contributed by atoms with Gasteiger partial charge in [-0.05, 0) is 116 Å². The minimum absolute atomic E-state index is 0.893. The minimum atomic E-state index is 0.893. The van der Waals surface area contributed by atoms with Crippen LogP contribution in [0, 0.1) is 0 Å². The van der Waals surface area contributed by atoms with E-state index < -0.39 is 0 Å². The highest BCUT2D eigenvalue weighted by atomic mass is 16.3. The zero-order valence-corrected chi connectivity index (χ0v) is 32.0. The number of nitrogens with zero attached hydrogens (tertiary/aromatic N) is 1. The summed E-state index contributed by atoms with van der Waals surface area (Å²) in [5, 5.41) is 9.30. The second-order valence-electron chi connectivity index (χ2n) is 15.3. The van der Waals surface area contributed by atoms with Gasteiger partial charge in [0.05, 0.1) is 0 Å². The Balaban J connectivity index is 0.980. The lowest BCUT2D eigenvalue weighted by Crippen LogP contribution is -2.10. The van der Waals surface area contributed by atoms with E-state index in [0.29, 0.717) is 0 Å². The SMILES string of the molecule is c1cc(-c2ccc3ccccc3c2)cc(N(c2ccc(-c3cccc4oc5ccccc5c34)cc2)c2ccc(-c3cccc4oc5c6ccccc6ccc5c34)cc2)c1. The minimum Gasteiger partial charge on any atom is -0.456 e. The van der Waals surface area contributed by atoms with Gasteiger partial charge in [-0.2, -0.15) is 0 Å². The Kier molecular flexibility index (Phi) is 7.54. The molecule has 0 unspecified atom stereocenters. The maximum absolute atomic E-state index is 6.55. The first-order chi connectivity index (χ1) is 29.2.